The lowest BCUT2D eigenvalue weighted by Gasteiger charge is -2.33. The molecule has 1 aliphatic rings. The summed E-state index contributed by atoms with van der Waals surface area (Å²) < 4.78 is 24.0. The van der Waals surface area contributed by atoms with Crippen molar-refractivity contribution in [1.82, 2.24) is 9.21 Å². The zero-order valence-electron chi connectivity index (χ0n) is 10.8. The molecule has 1 saturated heterocycles. The van der Waals surface area contributed by atoms with Crippen molar-refractivity contribution in [2.75, 3.05) is 32.4 Å². The number of hydrogen-bond acceptors (Lipinski definition) is 3. The van der Waals surface area contributed by atoms with Crippen LogP contribution in [0.3, 0.4) is 0 Å². The summed E-state index contributed by atoms with van der Waals surface area (Å²) in [5.74, 6) is 0.670. The molecule has 0 bridgehead atoms. The lowest BCUT2D eigenvalue weighted by Crippen LogP contribution is -2.50. The van der Waals surface area contributed by atoms with Gasteiger partial charge in [-0.2, -0.15) is 4.31 Å². The van der Waals surface area contributed by atoms with Gasteiger partial charge in [-0.3, -0.25) is 4.79 Å². The van der Waals surface area contributed by atoms with Crippen molar-refractivity contribution in [3.05, 3.63) is 0 Å². The Bertz CT molecular complexity index is 357. The Kier molecular flexibility index (Phi) is 4.94. The molecule has 6 heteroatoms. The van der Waals surface area contributed by atoms with Crippen LogP contribution < -0.4 is 0 Å². The van der Waals surface area contributed by atoms with Crippen LogP contribution in [0.4, 0.5) is 0 Å². The van der Waals surface area contributed by atoms with Crippen LogP contribution in [0.15, 0.2) is 0 Å². The Hall–Kier alpha value is -0.620. The molecule has 1 aliphatic heterocycles. The quantitative estimate of drug-likeness (QED) is 0.742. The maximum atomic E-state index is 11.8. The van der Waals surface area contributed by atoms with Gasteiger partial charge in [-0.25, -0.2) is 8.42 Å². The highest BCUT2D eigenvalue weighted by atomic mass is 32.2. The van der Waals surface area contributed by atoms with Crippen molar-refractivity contribution in [1.29, 1.82) is 0 Å². The molecule has 0 unspecified atom stereocenters. The first-order valence-electron chi connectivity index (χ1n) is 6.03. The molecule has 0 aromatic carbocycles. The number of sulfonamides is 1. The third-order valence-electron chi connectivity index (χ3n) is 3.00. The molecule has 0 saturated carbocycles. The fraction of sp³-hybridized carbons (Fsp3) is 0.909. The van der Waals surface area contributed by atoms with Crippen molar-refractivity contribution in [2.24, 2.45) is 5.92 Å². The molecule has 0 aromatic heterocycles. The number of nitrogens with zero attached hydrogens (tertiary/aromatic N) is 2. The van der Waals surface area contributed by atoms with Crippen LogP contribution in [0.2, 0.25) is 0 Å². The average molecular weight is 262 g/mol. The van der Waals surface area contributed by atoms with Crippen molar-refractivity contribution in [3.63, 3.8) is 0 Å². The summed E-state index contributed by atoms with van der Waals surface area (Å²) in [7, 11) is -3.11. The van der Waals surface area contributed by atoms with Crippen LogP contribution in [-0.4, -0.2) is 56.0 Å². The van der Waals surface area contributed by atoms with Gasteiger partial charge >= 0.3 is 0 Å². The van der Waals surface area contributed by atoms with E-state index < -0.39 is 10.0 Å². The molecule has 5 nitrogen and oxygen atoms in total. The van der Waals surface area contributed by atoms with Crippen molar-refractivity contribution in [3.8, 4) is 0 Å². The smallest absolute Gasteiger partial charge is 0.222 e. The SMILES string of the molecule is CC(C)CCC(=O)N1CCN(S(C)(=O)=O)CC1. The van der Waals surface area contributed by atoms with E-state index in [1.54, 1.807) is 4.90 Å². The summed E-state index contributed by atoms with van der Waals surface area (Å²) in [5, 5.41) is 0. The first kappa shape index (κ1) is 14.4. The van der Waals surface area contributed by atoms with Crippen molar-refractivity contribution < 1.29 is 13.2 Å². The lowest BCUT2D eigenvalue weighted by atomic mass is 10.1. The highest BCUT2D eigenvalue weighted by Gasteiger charge is 2.25. The standard InChI is InChI=1S/C11H22N2O3S/c1-10(2)4-5-11(14)12-6-8-13(9-7-12)17(3,15)16/h10H,4-9H2,1-3H3. The molecule has 1 amide bonds. The number of amides is 1. The van der Waals surface area contributed by atoms with Gasteiger partial charge in [0.15, 0.2) is 0 Å². The minimum Gasteiger partial charge on any atom is -0.340 e. The Morgan fingerprint density at radius 3 is 2.12 bits per heavy atom. The lowest BCUT2D eigenvalue weighted by molar-refractivity contribution is -0.132. The second-order valence-electron chi connectivity index (χ2n) is 4.98. The molecule has 0 aliphatic carbocycles. The summed E-state index contributed by atoms with van der Waals surface area (Å²) >= 11 is 0. The molecule has 100 valence electrons. The number of piperazine rings is 1. The van der Waals surface area contributed by atoms with Crippen LogP contribution >= 0.6 is 0 Å². The Labute approximate surface area is 104 Å². The van der Waals surface area contributed by atoms with Gasteiger partial charge in [0, 0.05) is 32.6 Å². The monoisotopic (exact) mass is 262 g/mol. The third-order valence-corrected chi connectivity index (χ3v) is 4.30. The summed E-state index contributed by atoms with van der Waals surface area (Å²) in [6.07, 6.45) is 2.67. The van der Waals surface area contributed by atoms with Gasteiger partial charge in [0.25, 0.3) is 0 Å². The van der Waals surface area contributed by atoms with E-state index in [4.69, 9.17) is 0 Å². The minimum atomic E-state index is -3.11. The first-order chi connectivity index (χ1) is 7.80. The second kappa shape index (κ2) is 5.82. The van der Waals surface area contributed by atoms with E-state index in [1.165, 1.54) is 10.6 Å². The van der Waals surface area contributed by atoms with Gasteiger partial charge in [0.05, 0.1) is 6.26 Å². The van der Waals surface area contributed by atoms with E-state index in [0.29, 0.717) is 38.5 Å². The summed E-state index contributed by atoms with van der Waals surface area (Å²) in [5.41, 5.74) is 0. The highest BCUT2D eigenvalue weighted by Crippen LogP contribution is 2.10. The highest BCUT2D eigenvalue weighted by molar-refractivity contribution is 7.88. The predicted molar refractivity (Wildman–Crippen MR) is 67.1 cm³/mol. The predicted octanol–water partition coefficient (Wildman–Crippen LogP) is 0.526. The van der Waals surface area contributed by atoms with Gasteiger partial charge in [0.1, 0.15) is 0 Å². The summed E-state index contributed by atoms with van der Waals surface area (Å²) in [4.78, 5) is 13.6. The molecule has 1 fully saturated rings. The topological polar surface area (TPSA) is 57.7 Å². The Morgan fingerprint density at radius 2 is 1.71 bits per heavy atom. The second-order valence-corrected chi connectivity index (χ2v) is 6.96. The van der Waals surface area contributed by atoms with Crippen molar-refractivity contribution in [2.45, 2.75) is 26.7 Å². The van der Waals surface area contributed by atoms with E-state index in [9.17, 15) is 13.2 Å². The van der Waals surface area contributed by atoms with Gasteiger partial charge in [-0.1, -0.05) is 13.8 Å². The maximum absolute atomic E-state index is 11.8. The number of carbonyl (C=O) groups is 1. The van der Waals surface area contributed by atoms with Crippen LogP contribution in [0.25, 0.3) is 0 Å². The fourth-order valence-corrected chi connectivity index (χ4v) is 2.67. The maximum Gasteiger partial charge on any atom is 0.222 e. The van der Waals surface area contributed by atoms with Gasteiger partial charge in [-0.15, -0.1) is 0 Å². The number of hydrogen-bond donors (Lipinski definition) is 0. The van der Waals surface area contributed by atoms with E-state index in [2.05, 4.69) is 13.8 Å². The third kappa shape index (κ3) is 4.63. The molecule has 0 N–H and O–H groups in total. The van der Waals surface area contributed by atoms with Crippen LogP contribution in [0.5, 0.6) is 0 Å². The Morgan fingerprint density at radius 1 is 1.18 bits per heavy atom. The van der Waals surface area contributed by atoms with E-state index in [0.717, 1.165) is 6.42 Å². The zero-order valence-corrected chi connectivity index (χ0v) is 11.7. The Balaban J connectivity index is 2.39. The van der Waals surface area contributed by atoms with E-state index in [-0.39, 0.29) is 5.91 Å². The summed E-state index contributed by atoms with van der Waals surface area (Å²) in [6, 6.07) is 0. The molecule has 0 atom stereocenters. The zero-order chi connectivity index (χ0) is 13.1. The average Bonchev–Trinajstić information content (AvgIpc) is 2.25. The van der Waals surface area contributed by atoms with Crippen LogP contribution in [0.1, 0.15) is 26.7 Å². The molecule has 1 heterocycles. The molecule has 1 rings (SSSR count). The molecule has 0 radical (unpaired) electrons. The molecular weight excluding hydrogens is 240 g/mol. The fourth-order valence-electron chi connectivity index (χ4n) is 1.84. The first-order valence-corrected chi connectivity index (χ1v) is 7.88. The normalized spacial score (nSPS) is 18.7. The van der Waals surface area contributed by atoms with E-state index in [1.807, 2.05) is 0 Å². The van der Waals surface area contributed by atoms with Crippen LogP contribution in [-0.2, 0) is 14.8 Å². The van der Waals surface area contributed by atoms with Crippen molar-refractivity contribution >= 4 is 15.9 Å². The molecule has 0 aromatic rings. The summed E-state index contributed by atoms with van der Waals surface area (Å²) in [6.45, 7) is 6.07. The molecule has 0 spiro atoms. The van der Waals surface area contributed by atoms with E-state index >= 15 is 0 Å². The minimum absolute atomic E-state index is 0.145. The van der Waals surface area contributed by atoms with Gasteiger partial charge in [0.2, 0.25) is 15.9 Å². The largest absolute Gasteiger partial charge is 0.340 e. The number of carbonyl (C=O) groups excluding carboxylic acids is 1. The number of rotatable bonds is 4. The molecular formula is C11H22N2O3S. The molecule has 17 heavy (non-hydrogen) atoms. The van der Waals surface area contributed by atoms with Crippen LogP contribution in [0, 0.1) is 5.92 Å². The van der Waals surface area contributed by atoms with Gasteiger partial charge < -0.3 is 4.90 Å². The van der Waals surface area contributed by atoms with Gasteiger partial charge in [-0.05, 0) is 12.3 Å².